The minimum atomic E-state index is -0.197. The van der Waals surface area contributed by atoms with Crippen LogP contribution in [0.1, 0.15) is 13.3 Å². The lowest BCUT2D eigenvalue weighted by molar-refractivity contribution is -0.116. The van der Waals surface area contributed by atoms with Gasteiger partial charge in [0, 0.05) is 12.1 Å². The van der Waals surface area contributed by atoms with Gasteiger partial charge in [0.1, 0.15) is 0 Å². The van der Waals surface area contributed by atoms with Crippen molar-refractivity contribution in [3.8, 4) is 5.69 Å². The molecule has 0 bridgehead atoms. The second-order valence-corrected chi connectivity index (χ2v) is 8.12. The number of rotatable bonds is 7. The summed E-state index contributed by atoms with van der Waals surface area (Å²) in [6, 6.07) is 14.9. The number of thiazole rings is 1. The first kappa shape index (κ1) is 20.0. The van der Waals surface area contributed by atoms with E-state index < -0.39 is 0 Å². The van der Waals surface area contributed by atoms with Crippen LogP contribution >= 0.6 is 23.1 Å². The molecule has 152 valence electrons. The van der Waals surface area contributed by atoms with Gasteiger partial charge >= 0.3 is 0 Å². The SMILES string of the molecule is CCC(=O)Nc1cccc(-n2nnnc2SCC(=O)Nc2nc3ccccc3s2)c1. The van der Waals surface area contributed by atoms with Gasteiger partial charge < -0.3 is 10.6 Å². The van der Waals surface area contributed by atoms with Crippen molar-refractivity contribution in [2.45, 2.75) is 18.5 Å². The average molecular weight is 440 g/mol. The van der Waals surface area contributed by atoms with Crippen molar-refractivity contribution in [3.63, 3.8) is 0 Å². The third-order valence-corrected chi connectivity index (χ3v) is 5.88. The number of carbonyl (C=O) groups excluding carboxylic acids is 2. The maximum Gasteiger partial charge on any atom is 0.236 e. The molecule has 2 amide bonds. The molecule has 0 spiro atoms. The number of carbonyl (C=O) groups is 2. The predicted octanol–water partition coefficient (Wildman–Crippen LogP) is 3.35. The van der Waals surface area contributed by atoms with Crippen LogP contribution in [0.2, 0.25) is 0 Å². The van der Waals surface area contributed by atoms with E-state index in [1.165, 1.54) is 27.8 Å². The molecule has 2 heterocycles. The topological polar surface area (TPSA) is 115 Å². The largest absolute Gasteiger partial charge is 0.326 e. The van der Waals surface area contributed by atoms with Crippen LogP contribution in [0.5, 0.6) is 0 Å². The second kappa shape index (κ2) is 9.01. The van der Waals surface area contributed by atoms with Crippen molar-refractivity contribution >= 4 is 55.9 Å². The second-order valence-electron chi connectivity index (χ2n) is 6.15. The highest BCUT2D eigenvalue weighted by Crippen LogP contribution is 2.26. The number of tetrazole rings is 1. The summed E-state index contributed by atoms with van der Waals surface area (Å²) in [7, 11) is 0. The van der Waals surface area contributed by atoms with Crippen LogP contribution < -0.4 is 10.6 Å². The Morgan fingerprint density at radius 2 is 1.97 bits per heavy atom. The minimum Gasteiger partial charge on any atom is -0.326 e. The Hall–Kier alpha value is -3.31. The maximum atomic E-state index is 12.4. The van der Waals surface area contributed by atoms with Crippen molar-refractivity contribution in [1.82, 2.24) is 25.2 Å². The molecule has 4 aromatic rings. The van der Waals surface area contributed by atoms with E-state index in [-0.39, 0.29) is 17.6 Å². The summed E-state index contributed by atoms with van der Waals surface area (Å²) in [6.07, 6.45) is 0.389. The summed E-state index contributed by atoms with van der Waals surface area (Å²) in [6.45, 7) is 1.79. The first-order valence-electron chi connectivity index (χ1n) is 9.09. The summed E-state index contributed by atoms with van der Waals surface area (Å²) in [5.74, 6) is -0.148. The van der Waals surface area contributed by atoms with Gasteiger partial charge in [-0.3, -0.25) is 9.59 Å². The molecule has 11 heteroatoms. The predicted molar refractivity (Wildman–Crippen MR) is 117 cm³/mol. The molecule has 0 unspecified atom stereocenters. The van der Waals surface area contributed by atoms with Crippen LogP contribution in [-0.2, 0) is 9.59 Å². The molecule has 30 heavy (non-hydrogen) atoms. The fourth-order valence-electron chi connectivity index (χ4n) is 2.61. The zero-order valence-electron chi connectivity index (χ0n) is 15.9. The Labute approximate surface area is 179 Å². The van der Waals surface area contributed by atoms with Gasteiger partial charge in [0.2, 0.25) is 17.0 Å². The van der Waals surface area contributed by atoms with E-state index in [4.69, 9.17) is 0 Å². The Kier molecular flexibility index (Phi) is 6.00. The van der Waals surface area contributed by atoms with Gasteiger partial charge in [-0.05, 0) is 40.8 Å². The van der Waals surface area contributed by atoms with Crippen LogP contribution in [0.25, 0.3) is 15.9 Å². The van der Waals surface area contributed by atoms with Crippen LogP contribution in [-0.4, -0.2) is 42.8 Å². The smallest absolute Gasteiger partial charge is 0.236 e. The molecule has 0 aliphatic rings. The van der Waals surface area contributed by atoms with E-state index in [2.05, 4.69) is 31.1 Å². The molecule has 0 aliphatic carbocycles. The van der Waals surface area contributed by atoms with Gasteiger partial charge in [0.15, 0.2) is 5.13 Å². The molecule has 0 fully saturated rings. The van der Waals surface area contributed by atoms with Gasteiger partial charge in [0.05, 0.1) is 21.7 Å². The molecule has 0 radical (unpaired) electrons. The number of benzene rings is 2. The molecule has 4 rings (SSSR count). The summed E-state index contributed by atoms with van der Waals surface area (Å²) < 4.78 is 2.54. The lowest BCUT2D eigenvalue weighted by atomic mass is 10.2. The third-order valence-electron chi connectivity index (χ3n) is 4.01. The molecule has 0 atom stereocenters. The molecular formula is C19H17N7O2S2. The van der Waals surface area contributed by atoms with Crippen molar-refractivity contribution in [2.24, 2.45) is 0 Å². The zero-order valence-corrected chi connectivity index (χ0v) is 17.5. The van der Waals surface area contributed by atoms with Crippen LogP contribution in [0.15, 0.2) is 53.7 Å². The number of nitrogens with zero attached hydrogens (tertiary/aromatic N) is 5. The molecular weight excluding hydrogens is 422 g/mol. The van der Waals surface area contributed by atoms with Gasteiger partial charge in [-0.1, -0.05) is 48.2 Å². The minimum absolute atomic E-state index is 0.0787. The molecule has 9 nitrogen and oxygen atoms in total. The molecule has 0 saturated heterocycles. The maximum absolute atomic E-state index is 12.4. The quantitative estimate of drug-likeness (QED) is 0.424. The first-order chi connectivity index (χ1) is 14.6. The fraction of sp³-hybridized carbons (Fsp3) is 0.158. The number of nitrogens with one attached hydrogen (secondary N) is 2. The monoisotopic (exact) mass is 439 g/mol. The molecule has 2 aromatic heterocycles. The Bertz CT molecular complexity index is 1170. The summed E-state index contributed by atoms with van der Waals surface area (Å²) in [5, 5.41) is 18.3. The van der Waals surface area contributed by atoms with Crippen molar-refractivity contribution in [1.29, 1.82) is 0 Å². The van der Waals surface area contributed by atoms with E-state index >= 15 is 0 Å². The van der Waals surface area contributed by atoms with E-state index in [0.717, 1.165) is 10.2 Å². The molecule has 2 aromatic carbocycles. The van der Waals surface area contributed by atoms with E-state index in [0.29, 0.717) is 28.1 Å². The number of hydrogen-bond donors (Lipinski definition) is 2. The van der Waals surface area contributed by atoms with Crippen LogP contribution in [0.3, 0.4) is 0 Å². The van der Waals surface area contributed by atoms with Gasteiger partial charge in [-0.2, -0.15) is 4.68 Å². The van der Waals surface area contributed by atoms with Crippen LogP contribution in [0, 0.1) is 0 Å². The van der Waals surface area contributed by atoms with Crippen LogP contribution in [0.4, 0.5) is 10.8 Å². The first-order valence-corrected chi connectivity index (χ1v) is 10.9. The Balaban J connectivity index is 1.42. The summed E-state index contributed by atoms with van der Waals surface area (Å²) >= 11 is 2.64. The Morgan fingerprint density at radius 1 is 1.10 bits per heavy atom. The summed E-state index contributed by atoms with van der Waals surface area (Å²) in [5.41, 5.74) is 2.19. The normalized spacial score (nSPS) is 10.8. The third kappa shape index (κ3) is 4.63. The number of thioether (sulfide) groups is 1. The highest BCUT2D eigenvalue weighted by Gasteiger charge is 2.14. The highest BCUT2D eigenvalue weighted by molar-refractivity contribution is 7.99. The van der Waals surface area contributed by atoms with Crippen molar-refractivity contribution in [2.75, 3.05) is 16.4 Å². The molecule has 2 N–H and O–H groups in total. The molecule has 0 aliphatic heterocycles. The van der Waals surface area contributed by atoms with Gasteiger partial charge in [0.25, 0.3) is 0 Å². The fourth-order valence-corrected chi connectivity index (χ4v) is 4.18. The van der Waals surface area contributed by atoms with E-state index in [9.17, 15) is 9.59 Å². The number of anilines is 2. The number of amides is 2. The summed E-state index contributed by atoms with van der Waals surface area (Å²) in [4.78, 5) is 28.4. The number of aromatic nitrogens is 5. The lowest BCUT2D eigenvalue weighted by Crippen LogP contribution is -2.14. The number of hydrogen-bond acceptors (Lipinski definition) is 8. The number of fused-ring (bicyclic) bond motifs is 1. The standard InChI is InChI=1S/C19H17N7O2S2/c1-2-16(27)20-12-6-5-7-13(10-12)26-19(23-24-25-26)29-11-17(28)22-18-21-14-8-3-4-9-15(14)30-18/h3-10H,2,11H2,1H3,(H,20,27)(H,21,22,28). The highest BCUT2D eigenvalue weighted by atomic mass is 32.2. The van der Waals surface area contributed by atoms with Gasteiger partial charge in [-0.15, -0.1) is 5.10 Å². The van der Waals surface area contributed by atoms with Gasteiger partial charge in [-0.25, -0.2) is 4.98 Å². The average Bonchev–Trinajstić information content (AvgIpc) is 3.38. The lowest BCUT2D eigenvalue weighted by Gasteiger charge is -2.07. The van der Waals surface area contributed by atoms with Crippen molar-refractivity contribution in [3.05, 3.63) is 48.5 Å². The van der Waals surface area contributed by atoms with E-state index in [1.54, 1.807) is 25.1 Å². The molecule has 0 saturated carbocycles. The van der Waals surface area contributed by atoms with E-state index in [1.807, 2.05) is 30.3 Å². The van der Waals surface area contributed by atoms with Crippen molar-refractivity contribution < 1.29 is 9.59 Å². The zero-order chi connectivity index (χ0) is 20.9. The Morgan fingerprint density at radius 3 is 2.80 bits per heavy atom. The number of para-hydroxylation sites is 1.